The number of rotatable bonds is 12. The Hall–Kier alpha value is -3.42. The van der Waals surface area contributed by atoms with Crippen molar-refractivity contribution in [1.82, 2.24) is 15.0 Å². The molecule has 10 nitrogen and oxygen atoms in total. The van der Waals surface area contributed by atoms with Crippen LogP contribution in [0.4, 0.5) is 0 Å². The summed E-state index contributed by atoms with van der Waals surface area (Å²) in [7, 11) is -0.708. The average Bonchev–Trinajstić information content (AvgIpc) is 3.39. The second-order valence-electron chi connectivity index (χ2n) is 8.23. The molecule has 0 unspecified atom stereocenters. The monoisotopic (exact) mass is 545 g/mol. The first-order chi connectivity index (χ1) is 17.6. The zero-order chi connectivity index (χ0) is 27.0. The molecular weight excluding hydrogens is 514 g/mol. The van der Waals surface area contributed by atoms with Gasteiger partial charge in [0, 0.05) is 29.7 Å². The smallest absolute Gasteiger partial charge is 0.330 e. The lowest BCUT2D eigenvalue weighted by Gasteiger charge is -2.24. The van der Waals surface area contributed by atoms with Crippen LogP contribution < -0.4 is 21.6 Å². The summed E-state index contributed by atoms with van der Waals surface area (Å²) < 4.78 is 33.1. The Bertz CT molecular complexity index is 1320. The van der Waals surface area contributed by atoms with Gasteiger partial charge in [-0.05, 0) is 48.0 Å². The second-order valence-corrected chi connectivity index (χ2v) is 11.3. The lowest BCUT2D eigenvalue weighted by molar-refractivity contribution is -0.146. The van der Waals surface area contributed by atoms with Gasteiger partial charge in [-0.15, -0.1) is 11.3 Å². The van der Waals surface area contributed by atoms with Crippen molar-refractivity contribution in [3.05, 3.63) is 83.7 Å². The number of ether oxygens (including phenoxy) is 1. The highest BCUT2D eigenvalue weighted by molar-refractivity contribution is 7.91. The van der Waals surface area contributed by atoms with Gasteiger partial charge in [0.05, 0.1) is 13.7 Å². The van der Waals surface area contributed by atoms with E-state index < -0.39 is 22.0 Å². The highest BCUT2D eigenvalue weighted by Crippen LogP contribution is 2.30. The van der Waals surface area contributed by atoms with Gasteiger partial charge in [0.25, 0.3) is 0 Å². The van der Waals surface area contributed by atoms with E-state index >= 15 is 0 Å². The normalized spacial score (nSPS) is 12.8. The molecule has 12 heteroatoms. The lowest BCUT2D eigenvalue weighted by Crippen LogP contribution is -2.45. The molecule has 0 aliphatic rings. The number of benzene rings is 2. The van der Waals surface area contributed by atoms with Crippen LogP contribution in [-0.4, -0.2) is 51.2 Å². The summed E-state index contributed by atoms with van der Waals surface area (Å²) in [4.78, 5) is 13.1. The number of nitrogens with zero attached hydrogens (tertiary/aromatic N) is 1. The summed E-state index contributed by atoms with van der Waals surface area (Å²) in [6, 6.07) is 16.6. The highest BCUT2D eigenvalue weighted by atomic mass is 32.2. The Morgan fingerprint density at radius 2 is 1.76 bits per heavy atom. The quantitative estimate of drug-likeness (QED) is 0.130. The molecule has 0 radical (unpaired) electrons. The molecule has 198 valence electrons. The minimum absolute atomic E-state index is 0.0969. The van der Waals surface area contributed by atoms with Crippen molar-refractivity contribution in [3.63, 3.8) is 0 Å². The Balaban J connectivity index is 1.65. The van der Waals surface area contributed by atoms with Gasteiger partial charge in [-0.2, -0.15) is 0 Å². The zero-order valence-corrected chi connectivity index (χ0v) is 22.2. The summed E-state index contributed by atoms with van der Waals surface area (Å²) in [5.74, 6) is 5.57. The predicted octanol–water partition coefficient (Wildman–Crippen LogP) is 1.88. The van der Waals surface area contributed by atoms with Crippen LogP contribution in [0.1, 0.15) is 11.1 Å². The van der Waals surface area contributed by atoms with E-state index in [4.69, 9.17) is 16.3 Å². The van der Waals surface area contributed by atoms with Gasteiger partial charge in [0.2, 0.25) is 10.0 Å². The second kappa shape index (κ2) is 12.7. The van der Waals surface area contributed by atoms with Crippen molar-refractivity contribution >= 4 is 27.3 Å². The topological polar surface area (TPSA) is 160 Å². The number of carbonyl (C=O) groups is 1. The summed E-state index contributed by atoms with van der Waals surface area (Å²) in [5, 5.41) is 13.6. The fourth-order valence-corrected chi connectivity index (χ4v) is 5.86. The molecule has 0 fully saturated rings. The number of hydrogen-bond donors (Lipinski definition) is 5. The number of phenols is 1. The van der Waals surface area contributed by atoms with Crippen LogP contribution in [0.3, 0.4) is 0 Å². The molecule has 0 amide bonds. The van der Waals surface area contributed by atoms with Crippen molar-refractivity contribution in [3.8, 4) is 16.2 Å². The van der Waals surface area contributed by atoms with Crippen LogP contribution in [0.5, 0.6) is 5.75 Å². The van der Waals surface area contributed by atoms with E-state index in [1.807, 2.05) is 31.3 Å². The number of sulfonamides is 1. The molecule has 0 saturated heterocycles. The number of aromatic hydroxyl groups is 1. The van der Waals surface area contributed by atoms with Gasteiger partial charge in [-0.25, -0.2) is 23.8 Å². The van der Waals surface area contributed by atoms with Crippen molar-refractivity contribution in [2.45, 2.75) is 23.2 Å². The van der Waals surface area contributed by atoms with Crippen LogP contribution in [0.15, 0.2) is 76.8 Å². The molecule has 0 saturated carbocycles. The Morgan fingerprint density at radius 1 is 1.11 bits per heavy atom. The fourth-order valence-electron chi connectivity index (χ4n) is 3.49. The number of phenolic OH excluding ortho intramolecular Hbond substituents is 1. The molecule has 37 heavy (non-hydrogen) atoms. The van der Waals surface area contributed by atoms with E-state index in [1.54, 1.807) is 24.3 Å². The van der Waals surface area contributed by atoms with E-state index in [9.17, 15) is 18.3 Å². The third-order valence-corrected chi connectivity index (χ3v) is 8.47. The van der Waals surface area contributed by atoms with Gasteiger partial charge in [0.15, 0.2) is 0 Å². The molecule has 3 aromatic rings. The first kappa shape index (κ1) is 28.2. The lowest BCUT2D eigenvalue weighted by atomic mass is 10.1. The minimum Gasteiger partial charge on any atom is -0.508 e. The summed E-state index contributed by atoms with van der Waals surface area (Å²) in [6.45, 7) is 0.537. The molecule has 0 bridgehead atoms. The van der Waals surface area contributed by atoms with Crippen molar-refractivity contribution in [1.29, 1.82) is 0 Å². The van der Waals surface area contributed by atoms with E-state index in [2.05, 4.69) is 10.0 Å². The summed E-state index contributed by atoms with van der Waals surface area (Å²) in [5.41, 5.74) is 8.90. The standard InChI is InChI=1S/C25H31N5O5S2/c1-28-14-18-3-7-19(8-4-18)23-11-12-24(36-23)37(33,34)29-15-20(26)16-30(27)22(25(32)35-2)13-17-5-9-21(31)10-6-17/h3-12,16,22,28-29,31H,13-15,26-27H2,1-2H3/b20-16-/t22-/m0/s1. The van der Waals surface area contributed by atoms with E-state index in [-0.39, 0.29) is 28.6 Å². The van der Waals surface area contributed by atoms with Crippen LogP contribution >= 0.6 is 11.3 Å². The van der Waals surface area contributed by atoms with Gasteiger partial charge < -0.3 is 25.9 Å². The molecule has 1 heterocycles. The van der Waals surface area contributed by atoms with Crippen molar-refractivity contribution < 1.29 is 23.1 Å². The number of carbonyl (C=O) groups excluding carboxylic acids is 1. The highest BCUT2D eigenvalue weighted by Gasteiger charge is 2.24. The van der Waals surface area contributed by atoms with Crippen LogP contribution in [0.2, 0.25) is 0 Å². The number of nitrogens with one attached hydrogen (secondary N) is 2. The molecule has 1 atom stereocenters. The minimum atomic E-state index is -3.83. The van der Waals surface area contributed by atoms with Gasteiger partial charge >= 0.3 is 5.97 Å². The Morgan fingerprint density at radius 3 is 2.38 bits per heavy atom. The number of thiophene rings is 1. The number of hydrazine groups is 1. The molecule has 0 aliphatic heterocycles. The maximum Gasteiger partial charge on any atom is 0.330 e. The van der Waals surface area contributed by atoms with Crippen LogP contribution in [-0.2, 0) is 32.5 Å². The molecule has 3 rings (SSSR count). The van der Waals surface area contributed by atoms with Gasteiger partial charge in [-0.1, -0.05) is 36.4 Å². The van der Waals surface area contributed by atoms with E-state index in [0.717, 1.165) is 44.5 Å². The fraction of sp³-hybridized carbons (Fsp3) is 0.240. The largest absolute Gasteiger partial charge is 0.508 e. The first-order valence-corrected chi connectivity index (χ1v) is 13.6. The Labute approximate surface area is 220 Å². The number of methoxy groups -OCH3 is 1. The average molecular weight is 546 g/mol. The number of hydrogen-bond acceptors (Lipinski definition) is 10. The Kier molecular flexibility index (Phi) is 9.66. The van der Waals surface area contributed by atoms with Gasteiger partial charge in [0.1, 0.15) is 16.0 Å². The SMILES string of the molecule is CNCc1ccc(-c2ccc(S(=O)(=O)NC/C(N)=C/N(N)[C@@H](Cc3ccc(O)cc3)C(=O)OC)s2)cc1. The third-order valence-electron chi connectivity index (χ3n) is 5.45. The summed E-state index contributed by atoms with van der Waals surface area (Å²) in [6.07, 6.45) is 1.48. The molecular formula is C25H31N5O5S2. The first-order valence-electron chi connectivity index (χ1n) is 11.3. The van der Waals surface area contributed by atoms with Crippen molar-refractivity contribution in [2.75, 3.05) is 20.7 Å². The van der Waals surface area contributed by atoms with Gasteiger partial charge in [-0.3, -0.25) is 0 Å². The molecule has 0 spiro atoms. The summed E-state index contributed by atoms with van der Waals surface area (Å²) >= 11 is 1.15. The number of nitrogens with two attached hydrogens (primary N) is 2. The third kappa shape index (κ3) is 7.78. The predicted molar refractivity (Wildman–Crippen MR) is 144 cm³/mol. The molecule has 2 aromatic carbocycles. The number of esters is 1. The maximum atomic E-state index is 12.8. The van der Waals surface area contributed by atoms with Crippen LogP contribution in [0.25, 0.3) is 10.4 Å². The zero-order valence-electron chi connectivity index (χ0n) is 20.5. The molecule has 0 aliphatic carbocycles. The van der Waals surface area contributed by atoms with E-state index in [0.29, 0.717) is 0 Å². The molecule has 7 N–H and O–H groups in total. The molecule has 1 aromatic heterocycles. The maximum absolute atomic E-state index is 12.8. The van der Waals surface area contributed by atoms with Crippen molar-refractivity contribution in [2.24, 2.45) is 11.6 Å². The van der Waals surface area contributed by atoms with Crippen LogP contribution in [0, 0.1) is 0 Å². The van der Waals surface area contributed by atoms with E-state index in [1.165, 1.54) is 25.4 Å².